The zero-order chi connectivity index (χ0) is 17.8. The quantitative estimate of drug-likeness (QED) is 0.556. The van der Waals surface area contributed by atoms with Gasteiger partial charge in [0.15, 0.2) is 0 Å². The summed E-state index contributed by atoms with van der Waals surface area (Å²) in [6.07, 6.45) is 5.79. The van der Waals surface area contributed by atoms with Gasteiger partial charge in [0.1, 0.15) is 0 Å². The Morgan fingerprint density at radius 3 is 2.71 bits per heavy atom. The Morgan fingerprint density at radius 1 is 1.21 bits per heavy atom. The van der Waals surface area contributed by atoms with Gasteiger partial charge in [0.2, 0.25) is 0 Å². The fourth-order valence-corrected chi connectivity index (χ4v) is 2.56. The predicted molar refractivity (Wildman–Crippen MR) is 102 cm³/mol. The van der Waals surface area contributed by atoms with Crippen molar-refractivity contribution in [2.45, 2.75) is 59.8 Å². The third-order valence-electron chi connectivity index (χ3n) is 4.29. The van der Waals surface area contributed by atoms with Crippen LogP contribution in [0.2, 0.25) is 0 Å². The number of amides is 2. The second-order valence-electron chi connectivity index (χ2n) is 6.54. The summed E-state index contributed by atoms with van der Waals surface area (Å²) in [7, 11) is 0. The maximum absolute atomic E-state index is 11.9. The minimum atomic E-state index is -0.155. The molecule has 2 N–H and O–H groups in total. The van der Waals surface area contributed by atoms with Crippen molar-refractivity contribution in [3.05, 3.63) is 29.3 Å². The summed E-state index contributed by atoms with van der Waals surface area (Å²) < 4.78 is 5.75. The molecule has 1 unspecified atom stereocenters. The normalized spacial score (nSPS) is 12.0. The van der Waals surface area contributed by atoms with E-state index in [1.165, 1.54) is 25.7 Å². The maximum atomic E-state index is 11.9. The average Bonchev–Trinajstić information content (AvgIpc) is 2.56. The number of rotatable bonds is 11. The van der Waals surface area contributed by atoms with Crippen LogP contribution < -0.4 is 10.6 Å². The Bertz CT molecular complexity index is 489. The number of unbranched alkanes of at least 4 members (excludes halogenated alkanes) is 1. The van der Waals surface area contributed by atoms with Crippen LogP contribution in [-0.4, -0.2) is 25.8 Å². The van der Waals surface area contributed by atoms with Crippen molar-refractivity contribution in [2.75, 3.05) is 25.1 Å². The average molecular weight is 335 g/mol. The van der Waals surface area contributed by atoms with Crippen LogP contribution in [0.15, 0.2) is 18.2 Å². The molecule has 0 aliphatic rings. The highest BCUT2D eigenvalue weighted by molar-refractivity contribution is 5.90. The molecule has 1 rings (SSSR count). The highest BCUT2D eigenvalue weighted by atomic mass is 16.5. The van der Waals surface area contributed by atoms with E-state index < -0.39 is 0 Å². The van der Waals surface area contributed by atoms with Crippen LogP contribution in [0.3, 0.4) is 0 Å². The topological polar surface area (TPSA) is 50.4 Å². The molecule has 24 heavy (non-hydrogen) atoms. The Kier molecular flexibility index (Phi) is 10.2. The molecular formula is C20H34N2O2. The molecule has 0 bridgehead atoms. The van der Waals surface area contributed by atoms with Crippen molar-refractivity contribution in [3.8, 4) is 0 Å². The molecule has 4 nitrogen and oxygen atoms in total. The second-order valence-corrected chi connectivity index (χ2v) is 6.54. The second kappa shape index (κ2) is 11.9. The zero-order valence-electron chi connectivity index (χ0n) is 15.8. The van der Waals surface area contributed by atoms with Gasteiger partial charge in [-0.2, -0.15) is 0 Å². The number of carbonyl (C=O) groups excluding carboxylic acids is 1. The van der Waals surface area contributed by atoms with E-state index >= 15 is 0 Å². The standard InChI is InChI=1S/C20H34N2O2/c1-5-7-9-18(6-2)15-24-13-8-12-21-20(23)22-19-14-16(3)10-11-17(19)4/h10-11,14,18H,5-9,12-13,15H2,1-4H3,(H2,21,22,23). The van der Waals surface area contributed by atoms with Crippen molar-refractivity contribution in [3.63, 3.8) is 0 Å². The minimum Gasteiger partial charge on any atom is -0.381 e. The molecule has 0 heterocycles. The predicted octanol–water partition coefficient (Wildman–Crippen LogP) is 5.05. The van der Waals surface area contributed by atoms with Gasteiger partial charge >= 0.3 is 6.03 Å². The zero-order valence-corrected chi connectivity index (χ0v) is 15.8. The number of anilines is 1. The molecule has 0 aromatic heterocycles. The maximum Gasteiger partial charge on any atom is 0.319 e. The summed E-state index contributed by atoms with van der Waals surface area (Å²) in [6, 6.07) is 5.89. The van der Waals surface area contributed by atoms with Crippen molar-refractivity contribution in [2.24, 2.45) is 5.92 Å². The first-order valence-corrected chi connectivity index (χ1v) is 9.26. The minimum absolute atomic E-state index is 0.155. The molecule has 0 aliphatic heterocycles. The van der Waals surface area contributed by atoms with Gasteiger partial charge in [-0.25, -0.2) is 4.79 Å². The molecule has 0 spiro atoms. The number of hydrogen-bond acceptors (Lipinski definition) is 2. The van der Waals surface area contributed by atoms with E-state index in [2.05, 4.69) is 24.5 Å². The first-order chi connectivity index (χ1) is 11.6. The van der Waals surface area contributed by atoms with Gasteiger partial charge in [-0.15, -0.1) is 0 Å². The number of carbonyl (C=O) groups is 1. The molecule has 0 saturated heterocycles. The number of hydrogen-bond donors (Lipinski definition) is 2. The van der Waals surface area contributed by atoms with E-state index in [-0.39, 0.29) is 6.03 Å². The fourth-order valence-electron chi connectivity index (χ4n) is 2.56. The van der Waals surface area contributed by atoms with Gasteiger partial charge in [-0.1, -0.05) is 45.2 Å². The van der Waals surface area contributed by atoms with Crippen molar-refractivity contribution in [1.82, 2.24) is 5.32 Å². The number of aryl methyl sites for hydroxylation is 2. The molecule has 0 fully saturated rings. The Labute approximate surface area is 147 Å². The van der Waals surface area contributed by atoms with Gasteiger partial charge in [0.25, 0.3) is 0 Å². The van der Waals surface area contributed by atoms with Gasteiger partial charge in [-0.3, -0.25) is 0 Å². The lowest BCUT2D eigenvalue weighted by molar-refractivity contribution is 0.0925. The van der Waals surface area contributed by atoms with Gasteiger partial charge in [-0.05, 0) is 49.8 Å². The number of benzene rings is 1. The third kappa shape index (κ3) is 8.34. The van der Waals surface area contributed by atoms with E-state index in [1.54, 1.807) is 0 Å². The first-order valence-electron chi connectivity index (χ1n) is 9.26. The Hall–Kier alpha value is -1.55. The Balaban J connectivity index is 2.14. The molecule has 1 aromatic rings. The highest BCUT2D eigenvalue weighted by Crippen LogP contribution is 2.16. The van der Waals surface area contributed by atoms with Crippen LogP contribution in [0, 0.1) is 19.8 Å². The molecule has 1 aromatic carbocycles. The lowest BCUT2D eigenvalue weighted by Crippen LogP contribution is -2.30. The summed E-state index contributed by atoms with van der Waals surface area (Å²) in [5, 5.41) is 5.79. The lowest BCUT2D eigenvalue weighted by Gasteiger charge is -2.15. The molecule has 2 amide bonds. The molecule has 136 valence electrons. The number of urea groups is 1. The van der Waals surface area contributed by atoms with E-state index in [4.69, 9.17) is 4.74 Å². The van der Waals surface area contributed by atoms with Gasteiger partial charge < -0.3 is 15.4 Å². The molecular weight excluding hydrogens is 300 g/mol. The van der Waals surface area contributed by atoms with Crippen LogP contribution in [0.4, 0.5) is 10.5 Å². The highest BCUT2D eigenvalue weighted by Gasteiger charge is 2.06. The third-order valence-corrected chi connectivity index (χ3v) is 4.29. The number of nitrogens with one attached hydrogen (secondary N) is 2. The van der Waals surface area contributed by atoms with Gasteiger partial charge in [0.05, 0.1) is 0 Å². The molecule has 0 saturated carbocycles. The van der Waals surface area contributed by atoms with Crippen LogP contribution >= 0.6 is 0 Å². The molecule has 1 atom stereocenters. The van der Waals surface area contributed by atoms with Crippen LogP contribution in [0.5, 0.6) is 0 Å². The van der Waals surface area contributed by atoms with E-state index in [0.29, 0.717) is 19.1 Å². The fraction of sp³-hybridized carbons (Fsp3) is 0.650. The smallest absolute Gasteiger partial charge is 0.319 e. The van der Waals surface area contributed by atoms with Crippen molar-refractivity contribution < 1.29 is 9.53 Å². The Morgan fingerprint density at radius 2 is 2.00 bits per heavy atom. The van der Waals surface area contributed by atoms with E-state index in [9.17, 15) is 4.79 Å². The lowest BCUT2D eigenvalue weighted by atomic mass is 10.0. The number of ether oxygens (including phenoxy) is 1. The molecule has 4 heteroatoms. The van der Waals surface area contributed by atoms with E-state index in [1.807, 2.05) is 32.0 Å². The largest absolute Gasteiger partial charge is 0.381 e. The van der Waals surface area contributed by atoms with Crippen molar-refractivity contribution in [1.29, 1.82) is 0 Å². The van der Waals surface area contributed by atoms with Crippen molar-refractivity contribution >= 4 is 11.7 Å². The van der Waals surface area contributed by atoms with Crippen LogP contribution in [0.1, 0.15) is 57.1 Å². The van der Waals surface area contributed by atoms with E-state index in [0.717, 1.165) is 29.8 Å². The molecule has 0 radical (unpaired) electrons. The summed E-state index contributed by atoms with van der Waals surface area (Å²) in [5.74, 6) is 0.672. The van der Waals surface area contributed by atoms with Crippen LogP contribution in [0.25, 0.3) is 0 Å². The monoisotopic (exact) mass is 334 g/mol. The summed E-state index contributed by atoms with van der Waals surface area (Å²) in [6.45, 7) is 10.6. The SMILES string of the molecule is CCCCC(CC)COCCCNC(=O)Nc1cc(C)ccc1C. The molecule has 0 aliphatic carbocycles. The summed E-state index contributed by atoms with van der Waals surface area (Å²) in [4.78, 5) is 11.9. The summed E-state index contributed by atoms with van der Waals surface area (Å²) in [5.41, 5.74) is 3.07. The van der Waals surface area contributed by atoms with Crippen LogP contribution in [-0.2, 0) is 4.74 Å². The first kappa shape index (κ1) is 20.5. The summed E-state index contributed by atoms with van der Waals surface area (Å²) >= 11 is 0. The van der Waals surface area contributed by atoms with Gasteiger partial charge in [0, 0.05) is 25.4 Å².